The lowest BCUT2D eigenvalue weighted by atomic mass is 10.1. The highest BCUT2D eigenvalue weighted by molar-refractivity contribution is 5.94. The Morgan fingerprint density at radius 3 is 2.69 bits per heavy atom. The van der Waals surface area contributed by atoms with Gasteiger partial charge in [-0.15, -0.1) is 0 Å². The van der Waals surface area contributed by atoms with E-state index in [-0.39, 0.29) is 12.0 Å². The SMILES string of the molecule is CC(C)Oc1cccc(C(=O)NCc2ccc(-c3nc4ncccc4o3)cc2)c1. The maximum Gasteiger partial charge on any atom is 0.251 e. The van der Waals surface area contributed by atoms with Gasteiger partial charge >= 0.3 is 0 Å². The Kier molecular flexibility index (Phi) is 5.24. The molecule has 4 rings (SSSR count). The molecule has 6 nitrogen and oxygen atoms in total. The number of nitrogens with one attached hydrogen (secondary N) is 1. The number of pyridine rings is 1. The molecule has 29 heavy (non-hydrogen) atoms. The van der Waals surface area contributed by atoms with Gasteiger partial charge in [-0.1, -0.05) is 18.2 Å². The number of carbonyl (C=O) groups excluding carboxylic acids is 1. The summed E-state index contributed by atoms with van der Waals surface area (Å²) >= 11 is 0. The lowest BCUT2D eigenvalue weighted by Gasteiger charge is -2.11. The fourth-order valence-corrected chi connectivity index (χ4v) is 2.92. The molecule has 1 N–H and O–H groups in total. The van der Waals surface area contributed by atoms with Gasteiger partial charge in [0.2, 0.25) is 5.89 Å². The standard InChI is InChI=1S/C23H21N3O3/c1-15(2)28-19-6-3-5-18(13-19)22(27)25-14-16-8-10-17(11-9-16)23-26-21-20(29-23)7-4-12-24-21/h3-13,15H,14H2,1-2H3,(H,25,27). The molecule has 0 saturated carbocycles. The van der Waals surface area contributed by atoms with Crippen molar-refractivity contribution in [2.24, 2.45) is 0 Å². The molecule has 0 saturated heterocycles. The van der Waals surface area contributed by atoms with Crippen LogP contribution in [0.15, 0.2) is 71.3 Å². The Hall–Kier alpha value is -3.67. The summed E-state index contributed by atoms with van der Waals surface area (Å²) in [6, 6.07) is 18.6. The number of nitrogens with zero attached hydrogens (tertiary/aromatic N) is 2. The second-order valence-corrected chi connectivity index (χ2v) is 6.92. The van der Waals surface area contributed by atoms with E-state index in [1.54, 1.807) is 18.3 Å². The van der Waals surface area contributed by atoms with Crippen LogP contribution in [-0.4, -0.2) is 22.0 Å². The fraction of sp³-hybridized carbons (Fsp3) is 0.174. The zero-order chi connectivity index (χ0) is 20.2. The van der Waals surface area contributed by atoms with E-state index in [1.165, 1.54) is 0 Å². The number of benzene rings is 2. The van der Waals surface area contributed by atoms with E-state index in [0.717, 1.165) is 11.1 Å². The van der Waals surface area contributed by atoms with Crippen LogP contribution in [0, 0.1) is 0 Å². The van der Waals surface area contributed by atoms with Gasteiger partial charge in [0.05, 0.1) is 6.10 Å². The first-order valence-electron chi connectivity index (χ1n) is 9.44. The van der Waals surface area contributed by atoms with Crippen LogP contribution in [0.5, 0.6) is 5.75 Å². The van der Waals surface area contributed by atoms with Gasteiger partial charge in [-0.25, -0.2) is 4.98 Å². The van der Waals surface area contributed by atoms with Crippen molar-refractivity contribution in [3.8, 4) is 17.2 Å². The molecule has 2 aromatic carbocycles. The van der Waals surface area contributed by atoms with Gasteiger partial charge in [0.1, 0.15) is 5.75 Å². The average molecular weight is 387 g/mol. The van der Waals surface area contributed by atoms with Gasteiger partial charge in [-0.05, 0) is 61.9 Å². The predicted octanol–water partition coefficient (Wildman–Crippen LogP) is 4.61. The van der Waals surface area contributed by atoms with Crippen LogP contribution in [0.25, 0.3) is 22.7 Å². The van der Waals surface area contributed by atoms with E-state index in [9.17, 15) is 4.79 Å². The van der Waals surface area contributed by atoms with E-state index in [1.807, 2.05) is 62.4 Å². The molecule has 0 radical (unpaired) electrons. The summed E-state index contributed by atoms with van der Waals surface area (Å²) in [4.78, 5) is 21.0. The van der Waals surface area contributed by atoms with Crippen molar-refractivity contribution in [1.29, 1.82) is 0 Å². The minimum absolute atomic E-state index is 0.0591. The van der Waals surface area contributed by atoms with Gasteiger partial charge in [-0.3, -0.25) is 4.79 Å². The summed E-state index contributed by atoms with van der Waals surface area (Å²) in [5.41, 5.74) is 3.64. The highest BCUT2D eigenvalue weighted by Gasteiger charge is 2.10. The quantitative estimate of drug-likeness (QED) is 0.523. The number of fused-ring (bicyclic) bond motifs is 1. The van der Waals surface area contributed by atoms with Crippen molar-refractivity contribution >= 4 is 17.1 Å². The van der Waals surface area contributed by atoms with Gasteiger partial charge in [-0.2, -0.15) is 4.98 Å². The van der Waals surface area contributed by atoms with Crippen molar-refractivity contribution in [1.82, 2.24) is 15.3 Å². The molecular weight excluding hydrogens is 366 g/mol. The first-order chi connectivity index (χ1) is 14.1. The van der Waals surface area contributed by atoms with Crippen molar-refractivity contribution < 1.29 is 13.9 Å². The molecule has 0 aliphatic carbocycles. The highest BCUT2D eigenvalue weighted by Crippen LogP contribution is 2.23. The molecule has 6 heteroatoms. The Bertz CT molecular complexity index is 1100. The molecule has 1 amide bonds. The van der Waals surface area contributed by atoms with Gasteiger partial charge in [0.25, 0.3) is 5.91 Å². The lowest BCUT2D eigenvalue weighted by molar-refractivity contribution is 0.0950. The van der Waals surface area contributed by atoms with Gasteiger partial charge in [0, 0.05) is 23.9 Å². The molecule has 0 aliphatic rings. The average Bonchev–Trinajstić information content (AvgIpc) is 3.16. The minimum Gasteiger partial charge on any atom is -0.491 e. The summed E-state index contributed by atoms with van der Waals surface area (Å²) < 4.78 is 11.4. The normalized spacial score (nSPS) is 11.0. The summed E-state index contributed by atoms with van der Waals surface area (Å²) in [6.07, 6.45) is 1.74. The van der Waals surface area contributed by atoms with E-state index in [2.05, 4.69) is 15.3 Å². The Morgan fingerprint density at radius 1 is 1.10 bits per heavy atom. The Balaban J connectivity index is 1.41. The largest absolute Gasteiger partial charge is 0.491 e. The summed E-state index contributed by atoms with van der Waals surface area (Å²) in [5, 5.41) is 2.93. The topological polar surface area (TPSA) is 77.2 Å². The highest BCUT2D eigenvalue weighted by atomic mass is 16.5. The lowest BCUT2D eigenvalue weighted by Crippen LogP contribution is -2.22. The summed E-state index contributed by atoms with van der Waals surface area (Å²) in [7, 11) is 0. The molecule has 2 aromatic heterocycles. The minimum atomic E-state index is -0.145. The zero-order valence-corrected chi connectivity index (χ0v) is 16.3. The van der Waals surface area contributed by atoms with Crippen molar-refractivity contribution in [2.45, 2.75) is 26.5 Å². The van der Waals surface area contributed by atoms with Gasteiger partial charge < -0.3 is 14.5 Å². The number of oxazole rings is 1. The summed E-state index contributed by atoms with van der Waals surface area (Å²) in [5.74, 6) is 1.06. The summed E-state index contributed by atoms with van der Waals surface area (Å²) in [6.45, 7) is 4.32. The zero-order valence-electron chi connectivity index (χ0n) is 16.3. The molecule has 146 valence electrons. The molecule has 0 atom stereocenters. The smallest absolute Gasteiger partial charge is 0.251 e. The first kappa shape index (κ1) is 18.7. The molecule has 0 unspecified atom stereocenters. The number of carbonyl (C=O) groups is 1. The van der Waals surface area contributed by atoms with Crippen LogP contribution >= 0.6 is 0 Å². The van der Waals surface area contributed by atoms with Crippen LogP contribution in [-0.2, 0) is 6.54 Å². The van der Waals surface area contributed by atoms with Crippen molar-refractivity contribution in [3.05, 3.63) is 78.0 Å². The number of amides is 1. The molecular formula is C23H21N3O3. The number of rotatable bonds is 6. The third-order valence-electron chi connectivity index (χ3n) is 4.29. The fourth-order valence-electron chi connectivity index (χ4n) is 2.92. The Morgan fingerprint density at radius 2 is 1.93 bits per heavy atom. The molecule has 4 aromatic rings. The van der Waals surface area contributed by atoms with Crippen LogP contribution in [0.2, 0.25) is 0 Å². The van der Waals surface area contributed by atoms with Crippen molar-refractivity contribution in [2.75, 3.05) is 0 Å². The third kappa shape index (κ3) is 4.43. The molecule has 0 bridgehead atoms. The van der Waals surface area contributed by atoms with Crippen molar-refractivity contribution in [3.63, 3.8) is 0 Å². The molecule has 0 spiro atoms. The monoisotopic (exact) mass is 387 g/mol. The first-order valence-corrected chi connectivity index (χ1v) is 9.44. The number of aromatic nitrogens is 2. The number of ether oxygens (including phenoxy) is 1. The van der Waals surface area contributed by atoms with Crippen LogP contribution < -0.4 is 10.1 Å². The van der Waals surface area contributed by atoms with Crippen LogP contribution in [0.3, 0.4) is 0 Å². The maximum absolute atomic E-state index is 12.4. The second kappa shape index (κ2) is 8.14. The molecule has 0 fully saturated rings. The van der Waals surface area contributed by atoms with E-state index in [0.29, 0.717) is 35.0 Å². The Labute approximate surface area is 168 Å². The molecule has 0 aliphatic heterocycles. The van der Waals surface area contributed by atoms with Crippen LogP contribution in [0.1, 0.15) is 29.8 Å². The molecule has 2 heterocycles. The second-order valence-electron chi connectivity index (χ2n) is 6.92. The maximum atomic E-state index is 12.4. The number of hydrogen-bond donors (Lipinski definition) is 1. The number of hydrogen-bond acceptors (Lipinski definition) is 5. The van der Waals surface area contributed by atoms with E-state index < -0.39 is 0 Å². The van der Waals surface area contributed by atoms with Gasteiger partial charge in [0.15, 0.2) is 11.2 Å². The van der Waals surface area contributed by atoms with E-state index >= 15 is 0 Å². The predicted molar refractivity (Wildman–Crippen MR) is 111 cm³/mol. The third-order valence-corrected chi connectivity index (χ3v) is 4.29. The van der Waals surface area contributed by atoms with E-state index in [4.69, 9.17) is 9.15 Å². The van der Waals surface area contributed by atoms with Crippen LogP contribution in [0.4, 0.5) is 0 Å².